The zero-order chi connectivity index (χ0) is 17.9. The van der Waals surface area contributed by atoms with Crippen LogP contribution in [-0.2, 0) is 16.0 Å². The highest BCUT2D eigenvalue weighted by Crippen LogP contribution is 2.32. The molecule has 0 spiro atoms. The molecule has 2 aliphatic rings. The summed E-state index contributed by atoms with van der Waals surface area (Å²) in [6.07, 6.45) is 4.19. The van der Waals surface area contributed by atoms with Crippen molar-refractivity contribution in [1.29, 1.82) is 0 Å². The topological polar surface area (TPSA) is 78.4 Å². The lowest BCUT2D eigenvalue weighted by Crippen LogP contribution is -2.48. The molecular formula is C20H28ClN3O3. The van der Waals surface area contributed by atoms with Crippen LogP contribution in [0.3, 0.4) is 0 Å². The Kier molecular flexibility index (Phi) is 6.73. The summed E-state index contributed by atoms with van der Waals surface area (Å²) in [6.45, 7) is 3.64. The van der Waals surface area contributed by atoms with Gasteiger partial charge in [-0.3, -0.25) is 9.69 Å². The van der Waals surface area contributed by atoms with E-state index in [9.17, 15) is 9.90 Å². The number of aliphatic carboxylic acids is 1. The average molecular weight is 394 g/mol. The fourth-order valence-corrected chi connectivity index (χ4v) is 4.57. The first kappa shape index (κ1) is 20.1. The van der Waals surface area contributed by atoms with Crippen LogP contribution in [0.25, 0.3) is 11.0 Å². The molecule has 148 valence electrons. The maximum atomic E-state index is 11.3. The zero-order valence-electron chi connectivity index (χ0n) is 15.5. The van der Waals surface area contributed by atoms with Crippen molar-refractivity contribution in [3.05, 3.63) is 30.1 Å². The van der Waals surface area contributed by atoms with Crippen molar-refractivity contribution in [3.8, 4) is 0 Å². The Morgan fingerprint density at radius 3 is 2.74 bits per heavy atom. The summed E-state index contributed by atoms with van der Waals surface area (Å²) in [5, 5.41) is 9.32. The number of likely N-dealkylation sites (tertiary alicyclic amines) is 1. The SMILES string of the molecule is Cl.O=C(O)C[C@@H]1CCN(C2CCOCC2)C[C@@H]1Cc1nc2ccccc2[nH]1. The number of hydrogen-bond acceptors (Lipinski definition) is 4. The molecule has 1 aromatic heterocycles. The van der Waals surface area contributed by atoms with Crippen LogP contribution in [-0.4, -0.2) is 58.3 Å². The molecule has 27 heavy (non-hydrogen) atoms. The Morgan fingerprint density at radius 1 is 1.22 bits per heavy atom. The predicted octanol–water partition coefficient (Wildman–Crippen LogP) is 3.12. The van der Waals surface area contributed by atoms with Crippen LogP contribution in [0.2, 0.25) is 0 Å². The minimum atomic E-state index is -0.691. The second-order valence-electron chi connectivity index (χ2n) is 7.65. The minimum absolute atomic E-state index is 0. The van der Waals surface area contributed by atoms with Gasteiger partial charge in [0.1, 0.15) is 5.82 Å². The molecular weight excluding hydrogens is 366 g/mol. The van der Waals surface area contributed by atoms with Gasteiger partial charge in [-0.25, -0.2) is 4.98 Å². The third-order valence-corrected chi connectivity index (χ3v) is 5.96. The van der Waals surface area contributed by atoms with E-state index in [0.29, 0.717) is 12.0 Å². The average Bonchev–Trinajstić information content (AvgIpc) is 3.06. The van der Waals surface area contributed by atoms with Gasteiger partial charge >= 0.3 is 5.97 Å². The maximum Gasteiger partial charge on any atom is 0.303 e. The molecule has 2 saturated heterocycles. The number of benzene rings is 1. The molecule has 2 atom stereocenters. The van der Waals surface area contributed by atoms with Crippen LogP contribution in [0.4, 0.5) is 0 Å². The van der Waals surface area contributed by atoms with Crippen molar-refractivity contribution >= 4 is 29.4 Å². The van der Waals surface area contributed by atoms with Crippen molar-refractivity contribution in [3.63, 3.8) is 0 Å². The standard InChI is InChI=1S/C20H27N3O3.ClH/c24-20(25)12-14-5-8-23(16-6-9-26-10-7-16)13-15(14)11-19-21-17-3-1-2-4-18(17)22-19;/h1-4,14-16H,5-13H2,(H,21,22)(H,24,25);1H/t14-,15-;/m0./s1. The van der Waals surface area contributed by atoms with Gasteiger partial charge in [0.2, 0.25) is 0 Å². The molecule has 1 aromatic carbocycles. The second-order valence-corrected chi connectivity index (χ2v) is 7.65. The van der Waals surface area contributed by atoms with Gasteiger partial charge in [-0.05, 0) is 49.8 Å². The molecule has 0 bridgehead atoms. The number of hydrogen-bond donors (Lipinski definition) is 2. The number of nitrogens with zero attached hydrogens (tertiary/aromatic N) is 2. The molecule has 0 amide bonds. The van der Waals surface area contributed by atoms with Gasteiger partial charge in [-0.2, -0.15) is 0 Å². The molecule has 0 radical (unpaired) electrons. The van der Waals surface area contributed by atoms with Crippen LogP contribution in [0.1, 0.15) is 31.5 Å². The molecule has 6 nitrogen and oxygen atoms in total. The lowest BCUT2D eigenvalue weighted by molar-refractivity contribution is -0.139. The molecule has 2 N–H and O–H groups in total. The molecule has 2 aromatic rings. The Balaban J connectivity index is 0.00000210. The van der Waals surface area contributed by atoms with Crippen LogP contribution >= 0.6 is 12.4 Å². The smallest absolute Gasteiger partial charge is 0.303 e. The summed E-state index contributed by atoms with van der Waals surface area (Å²) in [4.78, 5) is 22.0. The number of piperidine rings is 1. The summed E-state index contributed by atoms with van der Waals surface area (Å²) in [5.41, 5.74) is 2.03. The van der Waals surface area contributed by atoms with Crippen molar-refractivity contribution in [1.82, 2.24) is 14.9 Å². The van der Waals surface area contributed by atoms with Gasteiger partial charge in [0.05, 0.1) is 11.0 Å². The highest BCUT2D eigenvalue weighted by Gasteiger charge is 2.34. The van der Waals surface area contributed by atoms with Gasteiger partial charge < -0.3 is 14.8 Å². The van der Waals surface area contributed by atoms with Crippen molar-refractivity contribution in [2.45, 2.75) is 38.1 Å². The third-order valence-electron chi connectivity index (χ3n) is 5.96. The number of H-pyrrole nitrogens is 1. The number of halogens is 1. The lowest BCUT2D eigenvalue weighted by Gasteiger charge is -2.43. The monoisotopic (exact) mass is 393 g/mol. The van der Waals surface area contributed by atoms with Gasteiger partial charge in [0, 0.05) is 38.6 Å². The molecule has 4 rings (SSSR count). The molecule has 0 aliphatic carbocycles. The van der Waals surface area contributed by atoms with Gasteiger partial charge in [-0.15, -0.1) is 12.4 Å². The number of para-hydroxylation sites is 2. The number of fused-ring (bicyclic) bond motifs is 1. The normalized spacial score (nSPS) is 24.6. The van der Waals surface area contributed by atoms with E-state index < -0.39 is 5.97 Å². The fourth-order valence-electron chi connectivity index (χ4n) is 4.57. The number of carbonyl (C=O) groups is 1. The van der Waals surface area contributed by atoms with E-state index in [-0.39, 0.29) is 24.7 Å². The number of nitrogens with one attached hydrogen (secondary N) is 1. The zero-order valence-corrected chi connectivity index (χ0v) is 16.3. The number of ether oxygens (including phenoxy) is 1. The van der Waals surface area contributed by atoms with E-state index in [4.69, 9.17) is 9.72 Å². The van der Waals surface area contributed by atoms with E-state index in [1.165, 1.54) is 0 Å². The van der Waals surface area contributed by atoms with E-state index in [1.807, 2.05) is 24.3 Å². The Labute approximate surface area is 165 Å². The second kappa shape index (κ2) is 9.04. The minimum Gasteiger partial charge on any atom is -0.481 e. The van der Waals surface area contributed by atoms with E-state index >= 15 is 0 Å². The third kappa shape index (κ3) is 4.81. The number of carboxylic acid groups (broad SMARTS) is 1. The summed E-state index contributed by atoms with van der Waals surface area (Å²) in [7, 11) is 0. The molecule has 7 heteroatoms. The van der Waals surface area contributed by atoms with Crippen LogP contribution in [0.5, 0.6) is 0 Å². The number of aromatic amines is 1. The van der Waals surface area contributed by atoms with E-state index in [1.54, 1.807) is 0 Å². The predicted molar refractivity (Wildman–Crippen MR) is 106 cm³/mol. The largest absolute Gasteiger partial charge is 0.481 e. The Hall–Kier alpha value is -1.63. The van der Waals surface area contributed by atoms with Gasteiger partial charge in [0.25, 0.3) is 0 Å². The quantitative estimate of drug-likeness (QED) is 0.815. The summed E-state index contributed by atoms with van der Waals surface area (Å²) in [6, 6.07) is 8.63. The van der Waals surface area contributed by atoms with Crippen LogP contribution in [0, 0.1) is 11.8 Å². The molecule has 2 fully saturated rings. The van der Waals surface area contributed by atoms with Crippen molar-refractivity contribution in [2.75, 3.05) is 26.3 Å². The first-order valence-electron chi connectivity index (χ1n) is 9.66. The number of aromatic nitrogens is 2. The first-order valence-corrected chi connectivity index (χ1v) is 9.66. The van der Waals surface area contributed by atoms with Crippen molar-refractivity contribution < 1.29 is 14.6 Å². The van der Waals surface area contributed by atoms with E-state index in [0.717, 1.165) is 68.8 Å². The maximum absolute atomic E-state index is 11.3. The summed E-state index contributed by atoms with van der Waals surface area (Å²) < 4.78 is 5.50. The Morgan fingerprint density at radius 2 is 2.00 bits per heavy atom. The highest BCUT2D eigenvalue weighted by atomic mass is 35.5. The molecule has 2 aliphatic heterocycles. The van der Waals surface area contributed by atoms with E-state index in [2.05, 4.69) is 9.88 Å². The highest BCUT2D eigenvalue weighted by molar-refractivity contribution is 5.85. The van der Waals surface area contributed by atoms with Crippen LogP contribution < -0.4 is 0 Å². The molecule has 0 unspecified atom stereocenters. The fraction of sp³-hybridized carbons (Fsp3) is 0.600. The first-order chi connectivity index (χ1) is 12.7. The number of carboxylic acids is 1. The van der Waals surface area contributed by atoms with Crippen molar-refractivity contribution in [2.24, 2.45) is 11.8 Å². The summed E-state index contributed by atoms with van der Waals surface area (Å²) >= 11 is 0. The lowest BCUT2D eigenvalue weighted by atomic mass is 9.80. The molecule has 0 saturated carbocycles. The van der Waals surface area contributed by atoms with Gasteiger partial charge in [0.15, 0.2) is 0 Å². The van der Waals surface area contributed by atoms with Gasteiger partial charge in [-0.1, -0.05) is 12.1 Å². The number of imidazole rings is 1. The Bertz CT molecular complexity index is 727. The summed E-state index contributed by atoms with van der Waals surface area (Å²) in [5.74, 6) is 0.824. The van der Waals surface area contributed by atoms with Crippen LogP contribution in [0.15, 0.2) is 24.3 Å². The number of rotatable bonds is 5. The molecule has 3 heterocycles.